The molecular formula is C10H16N4OS. The number of carbonyl (C=O) groups is 1. The van der Waals surface area contributed by atoms with E-state index in [-0.39, 0.29) is 11.9 Å². The molecule has 1 heterocycles. The summed E-state index contributed by atoms with van der Waals surface area (Å²) in [6.45, 7) is 2.83. The van der Waals surface area contributed by atoms with Gasteiger partial charge < -0.3 is 11.1 Å². The molecule has 0 fully saturated rings. The molecule has 0 bridgehead atoms. The predicted octanol–water partition coefficient (Wildman–Crippen LogP) is 0.422. The number of nitrogens with zero attached hydrogens (tertiary/aromatic N) is 2. The molecule has 3 N–H and O–H groups in total. The van der Waals surface area contributed by atoms with Crippen LogP contribution >= 0.6 is 11.8 Å². The van der Waals surface area contributed by atoms with Gasteiger partial charge in [0.25, 0.3) is 0 Å². The molecule has 0 saturated carbocycles. The zero-order chi connectivity index (χ0) is 11.8. The molecule has 0 spiro atoms. The number of amides is 1. The molecule has 0 aliphatic rings. The van der Waals surface area contributed by atoms with Gasteiger partial charge >= 0.3 is 0 Å². The Morgan fingerprint density at radius 2 is 2.50 bits per heavy atom. The second-order valence-electron chi connectivity index (χ2n) is 3.27. The second-order valence-corrected chi connectivity index (χ2v) is 4.31. The van der Waals surface area contributed by atoms with Crippen LogP contribution in [0.3, 0.4) is 0 Å². The summed E-state index contributed by atoms with van der Waals surface area (Å²) in [4.78, 5) is 19.0. The van der Waals surface area contributed by atoms with Crippen LogP contribution in [0, 0.1) is 0 Å². The highest BCUT2D eigenvalue weighted by Gasteiger charge is 2.14. The molecule has 1 unspecified atom stereocenters. The molecule has 0 aromatic carbocycles. The molecule has 1 aromatic rings. The molecule has 1 amide bonds. The Balaban J connectivity index is 2.41. The number of aromatic nitrogens is 2. The zero-order valence-corrected chi connectivity index (χ0v) is 10.0. The number of hydrogen-bond donors (Lipinski definition) is 2. The van der Waals surface area contributed by atoms with Crippen molar-refractivity contribution in [3.05, 3.63) is 18.6 Å². The number of hydrogen-bond acceptors (Lipinski definition) is 5. The molecule has 1 rings (SSSR count). The van der Waals surface area contributed by atoms with Gasteiger partial charge in [-0.25, -0.2) is 9.97 Å². The van der Waals surface area contributed by atoms with Gasteiger partial charge in [0.05, 0.1) is 11.1 Å². The minimum absolute atomic E-state index is 0.306. The number of rotatable bonds is 7. The first-order chi connectivity index (χ1) is 7.74. The monoisotopic (exact) mass is 240 g/mol. The number of thioether (sulfide) groups is 1. The largest absolute Gasteiger partial charge is 0.368 e. The Hall–Kier alpha value is -1.14. The zero-order valence-electron chi connectivity index (χ0n) is 9.22. The van der Waals surface area contributed by atoms with Crippen molar-refractivity contribution in [1.29, 1.82) is 0 Å². The minimum atomic E-state index is -0.324. The first-order valence-electron chi connectivity index (χ1n) is 5.15. The van der Waals surface area contributed by atoms with Gasteiger partial charge in [0.1, 0.15) is 6.33 Å². The van der Waals surface area contributed by atoms with Gasteiger partial charge in [-0.2, -0.15) is 0 Å². The summed E-state index contributed by atoms with van der Waals surface area (Å²) in [5.41, 5.74) is 5.29. The van der Waals surface area contributed by atoms with E-state index in [2.05, 4.69) is 15.3 Å². The summed E-state index contributed by atoms with van der Waals surface area (Å²) in [5.74, 6) is 0.266. The molecular weight excluding hydrogens is 224 g/mol. The normalized spacial score (nSPS) is 12.3. The van der Waals surface area contributed by atoms with Crippen molar-refractivity contribution >= 4 is 17.7 Å². The van der Waals surface area contributed by atoms with Gasteiger partial charge in [0.15, 0.2) is 0 Å². The van der Waals surface area contributed by atoms with Crippen LogP contribution in [0.25, 0.3) is 0 Å². The van der Waals surface area contributed by atoms with Gasteiger partial charge in [-0.3, -0.25) is 4.79 Å². The van der Waals surface area contributed by atoms with E-state index < -0.39 is 0 Å². The van der Waals surface area contributed by atoms with Gasteiger partial charge in [0, 0.05) is 11.9 Å². The SMILES string of the molecule is CCCNC(CSc1ccncn1)C(N)=O. The highest BCUT2D eigenvalue weighted by atomic mass is 32.2. The lowest BCUT2D eigenvalue weighted by Gasteiger charge is -2.13. The molecule has 88 valence electrons. The lowest BCUT2D eigenvalue weighted by molar-refractivity contribution is -0.119. The van der Waals surface area contributed by atoms with E-state index in [1.54, 1.807) is 6.20 Å². The van der Waals surface area contributed by atoms with E-state index in [4.69, 9.17) is 5.73 Å². The molecule has 1 atom stereocenters. The fraction of sp³-hybridized carbons (Fsp3) is 0.500. The Morgan fingerprint density at radius 1 is 1.69 bits per heavy atom. The summed E-state index contributed by atoms with van der Waals surface area (Å²) in [6, 6.07) is 1.50. The average Bonchev–Trinajstić information content (AvgIpc) is 2.30. The van der Waals surface area contributed by atoms with Crippen LogP contribution in [0.15, 0.2) is 23.6 Å². The maximum atomic E-state index is 11.1. The van der Waals surface area contributed by atoms with Crippen molar-refractivity contribution in [3.63, 3.8) is 0 Å². The van der Waals surface area contributed by atoms with Crippen LogP contribution in [0.5, 0.6) is 0 Å². The Bertz CT molecular complexity index is 320. The maximum absolute atomic E-state index is 11.1. The van der Waals surface area contributed by atoms with Crippen LogP contribution in [-0.4, -0.2) is 34.2 Å². The van der Waals surface area contributed by atoms with Gasteiger partial charge in [0.2, 0.25) is 5.91 Å². The van der Waals surface area contributed by atoms with Crippen LogP contribution in [-0.2, 0) is 4.79 Å². The van der Waals surface area contributed by atoms with Gasteiger partial charge in [-0.15, -0.1) is 11.8 Å². The highest BCUT2D eigenvalue weighted by molar-refractivity contribution is 7.99. The summed E-state index contributed by atoms with van der Waals surface area (Å²) in [5, 5.41) is 3.95. The lowest BCUT2D eigenvalue weighted by atomic mass is 10.3. The summed E-state index contributed by atoms with van der Waals surface area (Å²) in [6.07, 6.45) is 4.14. The molecule has 5 nitrogen and oxygen atoms in total. The second kappa shape index (κ2) is 7.19. The van der Waals surface area contributed by atoms with E-state index in [0.29, 0.717) is 5.75 Å². The van der Waals surface area contributed by atoms with E-state index >= 15 is 0 Å². The molecule has 6 heteroatoms. The minimum Gasteiger partial charge on any atom is -0.368 e. The molecule has 0 radical (unpaired) electrons. The Kier molecular flexibility index (Phi) is 5.81. The summed E-state index contributed by atoms with van der Waals surface area (Å²) < 4.78 is 0. The third kappa shape index (κ3) is 4.59. The average molecular weight is 240 g/mol. The molecule has 0 aliphatic carbocycles. The molecule has 16 heavy (non-hydrogen) atoms. The maximum Gasteiger partial charge on any atom is 0.235 e. The van der Waals surface area contributed by atoms with Crippen molar-refractivity contribution in [1.82, 2.24) is 15.3 Å². The lowest BCUT2D eigenvalue weighted by Crippen LogP contribution is -2.43. The smallest absolute Gasteiger partial charge is 0.235 e. The molecule has 0 saturated heterocycles. The van der Waals surface area contributed by atoms with Crippen LogP contribution in [0.2, 0.25) is 0 Å². The standard InChI is InChI=1S/C10H16N4OS/c1-2-4-13-8(10(11)15)6-16-9-3-5-12-7-14-9/h3,5,7-8,13H,2,4,6H2,1H3,(H2,11,15). The number of nitrogens with two attached hydrogens (primary N) is 1. The van der Waals surface area contributed by atoms with Crippen LogP contribution < -0.4 is 11.1 Å². The van der Waals surface area contributed by atoms with Gasteiger partial charge in [-0.05, 0) is 19.0 Å². The third-order valence-corrected chi connectivity index (χ3v) is 2.97. The van der Waals surface area contributed by atoms with Crippen LogP contribution in [0.4, 0.5) is 0 Å². The summed E-state index contributed by atoms with van der Waals surface area (Å²) >= 11 is 1.49. The summed E-state index contributed by atoms with van der Waals surface area (Å²) in [7, 11) is 0. The first kappa shape index (κ1) is 12.9. The topological polar surface area (TPSA) is 80.9 Å². The van der Waals surface area contributed by atoms with Crippen LogP contribution in [0.1, 0.15) is 13.3 Å². The van der Waals surface area contributed by atoms with E-state index in [0.717, 1.165) is 18.0 Å². The Morgan fingerprint density at radius 3 is 3.06 bits per heavy atom. The van der Waals surface area contributed by atoms with Gasteiger partial charge in [-0.1, -0.05) is 6.92 Å². The van der Waals surface area contributed by atoms with Crippen molar-refractivity contribution in [2.24, 2.45) is 5.73 Å². The number of carbonyl (C=O) groups excluding carboxylic acids is 1. The van der Waals surface area contributed by atoms with E-state index in [1.165, 1.54) is 18.1 Å². The number of nitrogens with one attached hydrogen (secondary N) is 1. The van der Waals surface area contributed by atoms with Crippen molar-refractivity contribution < 1.29 is 4.79 Å². The predicted molar refractivity (Wildman–Crippen MR) is 64.0 cm³/mol. The fourth-order valence-electron chi connectivity index (χ4n) is 1.09. The Labute approximate surface area is 99.2 Å². The van der Waals surface area contributed by atoms with Crippen molar-refractivity contribution in [2.45, 2.75) is 24.4 Å². The van der Waals surface area contributed by atoms with E-state index in [9.17, 15) is 4.79 Å². The van der Waals surface area contributed by atoms with Crippen molar-refractivity contribution in [2.75, 3.05) is 12.3 Å². The molecule has 0 aliphatic heterocycles. The van der Waals surface area contributed by atoms with E-state index in [1.807, 2.05) is 13.0 Å². The fourth-order valence-corrected chi connectivity index (χ4v) is 1.99. The number of primary amides is 1. The molecule has 1 aromatic heterocycles. The highest BCUT2D eigenvalue weighted by Crippen LogP contribution is 2.14. The first-order valence-corrected chi connectivity index (χ1v) is 6.14. The van der Waals surface area contributed by atoms with Crippen molar-refractivity contribution in [3.8, 4) is 0 Å². The third-order valence-electron chi connectivity index (χ3n) is 1.94. The quantitative estimate of drug-likeness (QED) is 0.533.